The molecule has 0 aromatic carbocycles. The number of furan rings is 1. The molecule has 2 N–H and O–H groups in total. The molecule has 0 saturated carbocycles. The van der Waals surface area contributed by atoms with E-state index in [1.807, 2.05) is 0 Å². The zero-order chi connectivity index (χ0) is 18.1. The van der Waals surface area contributed by atoms with Crippen LogP contribution in [0.5, 0.6) is 0 Å². The number of rotatable bonds is 4. The molecule has 9 nitrogen and oxygen atoms in total. The number of nitrogens with one attached hydrogen (secondary N) is 2. The minimum absolute atomic E-state index is 0.0695. The van der Waals surface area contributed by atoms with Crippen LogP contribution < -0.4 is 16.6 Å². The van der Waals surface area contributed by atoms with Gasteiger partial charge in [0.2, 0.25) is 5.88 Å². The quantitative estimate of drug-likeness (QED) is 0.726. The summed E-state index contributed by atoms with van der Waals surface area (Å²) in [7, 11) is 0. The van der Waals surface area contributed by atoms with Crippen molar-refractivity contribution in [2.45, 2.75) is 32.2 Å². The lowest BCUT2D eigenvalue weighted by Crippen LogP contribution is -2.39. The number of carbonyl (C=O) groups is 1. The van der Waals surface area contributed by atoms with E-state index in [-0.39, 0.29) is 18.0 Å². The van der Waals surface area contributed by atoms with Crippen molar-refractivity contribution < 1.29 is 13.7 Å². The van der Waals surface area contributed by atoms with Crippen molar-refractivity contribution in [3.05, 3.63) is 68.0 Å². The summed E-state index contributed by atoms with van der Waals surface area (Å²) in [6.45, 7) is -0.0695. The van der Waals surface area contributed by atoms with E-state index in [0.717, 1.165) is 47.7 Å². The summed E-state index contributed by atoms with van der Waals surface area (Å²) in [4.78, 5) is 39.5. The van der Waals surface area contributed by atoms with E-state index in [9.17, 15) is 14.4 Å². The molecule has 134 valence electrons. The van der Waals surface area contributed by atoms with Crippen LogP contribution in [-0.4, -0.2) is 20.6 Å². The maximum Gasteiger partial charge on any atom is 0.328 e. The highest BCUT2D eigenvalue weighted by Crippen LogP contribution is 2.27. The highest BCUT2D eigenvalue weighted by Gasteiger charge is 2.23. The molecule has 1 aliphatic carbocycles. The Kier molecular flexibility index (Phi) is 4.04. The molecular weight excluding hydrogens is 340 g/mol. The summed E-state index contributed by atoms with van der Waals surface area (Å²) in [5.41, 5.74) is 0.168. The first-order valence-corrected chi connectivity index (χ1v) is 8.27. The number of hydrogen-bond donors (Lipinski definition) is 2. The molecule has 0 spiro atoms. The third-order valence-corrected chi connectivity index (χ3v) is 4.39. The summed E-state index contributed by atoms with van der Waals surface area (Å²) in [6.07, 6.45) is 6.14. The van der Waals surface area contributed by atoms with E-state index >= 15 is 0 Å². The maximum absolute atomic E-state index is 12.6. The molecular formula is C17H16N4O5. The van der Waals surface area contributed by atoms with Gasteiger partial charge in [0.05, 0.1) is 18.5 Å². The Morgan fingerprint density at radius 2 is 2.15 bits per heavy atom. The van der Waals surface area contributed by atoms with Gasteiger partial charge in [-0.25, -0.2) is 4.79 Å². The number of aryl methyl sites for hydroxylation is 1. The first kappa shape index (κ1) is 16.1. The minimum atomic E-state index is -0.712. The number of carbonyl (C=O) groups excluding carboxylic acids is 1. The Morgan fingerprint density at radius 1 is 1.31 bits per heavy atom. The largest absolute Gasteiger partial charge is 0.467 e. The zero-order valence-corrected chi connectivity index (χ0v) is 13.8. The van der Waals surface area contributed by atoms with Crippen molar-refractivity contribution >= 4 is 11.8 Å². The van der Waals surface area contributed by atoms with E-state index in [0.29, 0.717) is 5.76 Å². The normalized spacial score (nSPS) is 13.4. The van der Waals surface area contributed by atoms with E-state index in [2.05, 4.69) is 15.5 Å². The molecule has 0 bridgehead atoms. The van der Waals surface area contributed by atoms with Crippen LogP contribution >= 0.6 is 0 Å². The molecule has 3 aromatic heterocycles. The summed E-state index contributed by atoms with van der Waals surface area (Å²) in [5, 5.41) is 6.55. The second kappa shape index (κ2) is 6.51. The molecule has 0 saturated heterocycles. The van der Waals surface area contributed by atoms with Gasteiger partial charge in [0.1, 0.15) is 11.3 Å². The minimum Gasteiger partial charge on any atom is -0.467 e. The monoisotopic (exact) mass is 356 g/mol. The second-order valence-electron chi connectivity index (χ2n) is 6.08. The molecule has 3 heterocycles. The van der Waals surface area contributed by atoms with Crippen LogP contribution in [0.2, 0.25) is 0 Å². The Labute approximate surface area is 146 Å². The third-order valence-electron chi connectivity index (χ3n) is 4.39. The lowest BCUT2D eigenvalue weighted by Gasteiger charge is -2.10. The first-order chi connectivity index (χ1) is 12.6. The number of aromatic amines is 1. The van der Waals surface area contributed by atoms with Gasteiger partial charge in [0, 0.05) is 11.8 Å². The van der Waals surface area contributed by atoms with E-state index in [1.54, 1.807) is 12.1 Å². The summed E-state index contributed by atoms with van der Waals surface area (Å²) >= 11 is 0. The van der Waals surface area contributed by atoms with Gasteiger partial charge in [-0.15, -0.1) is 0 Å². The summed E-state index contributed by atoms with van der Waals surface area (Å²) in [6, 6.07) is 3.29. The van der Waals surface area contributed by atoms with Crippen LogP contribution in [0.1, 0.15) is 40.2 Å². The van der Waals surface area contributed by atoms with Gasteiger partial charge in [-0.2, -0.15) is 0 Å². The van der Waals surface area contributed by atoms with Gasteiger partial charge < -0.3 is 13.9 Å². The van der Waals surface area contributed by atoms with Crippen LogP contribution in [0.15, 0.2) is 43.1 Å². The highest BCUT2D eigenvalue weighted by molar-refractivity contribution is 6.03. The fourth-order valence-electron chi connectivity index (χ4n) is 3.04. The van der Waals surface area contributed by atoms with Crippen molar-refractivity contribution in [2.24, 2.45) is 0 Å². The van der Waals surface area contributed by atoms with Crippen molar-refractivity contribution in [2.75, 3.05) is 5.32 Å². The predicted octanol–water partition coefficient (Wildman–Crippen LogP) is 1.30. The van der Waals surface area contributed by atoms with E-state index in [1.165, 1.54) is 6.26 Å². The Bertz CT molecular complexity index is 1060. The van der Waals surface area contributed by atoms with Crippen molar-refractivity contribution in [3.63, 3.8) is 0 Å². The fraction of sp³-hybridized carbons (Fsp3) is 0.294. The van der Waals surface area contributed by atoms with Gasteiger partial charge >= 0.3 is 5.69 Å². The van der Waals surface area contributed by atoms with Crippen molar-refractivity contribution in [1.82, 2.24) is 14.7 Å². The number of hydrogen-bond acceptors (Lipinski definition) is 6. The Hall–Kier alpha value is -3.36. The number of anilines is 1. The summed E-state index contributed by atoms with van der Waals surface area (Å²) < 4.78 is 11.3. The van der Waals surface area contributed by atoms with Gasteiger partial charge in [-0.3, -0.25) is 19.5 Å². The molecule has 0 radical (unpaired) electrons. The molecule has 9 heteroatoms. The molecule has 1 aliphatic rings. The third kappa shape index (κ3) is 2.87. The van der Waals surface area contributed by atoms with E-state index < -0.39 is 17.2 Å². The predicted molar refractivity (Wildman–Crippen MR) is 90.2 cm³/mol. The topological polar surface area (TPSA) is 123 Å². The van der Waals surface area contributed by atoms with Crippen molar-refractivity contribution in [1.29, 1.82) is 0 Å². The zero-order valence-electron chi connectivity index (χ0n) is 13.8. The number of nitrogens with zero attached hydrogens (tertiary/aromatic N) is 2. The lowest BCUT2D eigenvalue weighted by molar-refractivity contribution is 0.102. The van der Waals surface area contributed by atoms with E-state index in [4.69, 9.17) is 8.94 Å². The molecule has 3 aromatic rings. The van der Waals surface area contributed by atoms with Crippen LogP contribution in [0, 0.1) is 0 Å². The molecule has 4 rings (SSSR count). The van der Waals surface area contributed by atoms with Crippen LogP contribution in [0.25, 0.3) is 0 Å². The van der Waals surface area contributed by atoms with Gasteiger partial charge in [0.15, 0.2) is 0 Å². The standard InChI is InChI=1S/C17H16N4O5/c22-14(19-15-11-5-1-2-6-13(11)20-26-15)12-8-18-17(24)21(16(12)23)9-10-4-3-7-25-10/h3-4,7-8H,1-2,5-6,9H2,(H,18,24)(H,19,22). The average Bonchev–Trinajstić information content (AvgIpc) is 3.29. The van der Waals surface area contributed by atoms with Crippen molar-refractivity contribution in [3.8, 4) is 0 Å². The average molecular weight is 356 g/mol. The number of fused-ring (bicyclic) bond motifs is 1. The van der Waals surface area contributed by atoms with Crippen LogP contribution in [0.4, 0.5) is 5.88 Å². The van der Waals surface area contributed by atoms with Gasteiger partial charge in [0.25, 0.3) is 11.5 Å². The Morgan fingerprint density at radius 3 is 2.96 bits per heavy atom. The highest BCUT2D eigenvalue weighted by atomic mass is 16.5. The number of H-pyrrole nitrogens is 1. The fourth-order valence-corrected chi connectivity index (χ4v) is 3.04. The molecule has 0 atom stereocenters. The first-order valence-electron chi connectivity index (χ1n) is 8.27. The second-order valence-corrected chi connectivity index (χ2v) is 6.08. The Balaban J connectivity index is 1.63. The van der Waals surface area contributed by atoms with Crippen LogP contribution in [-0.2, 0) is 19.4 Å². The van der Waals surface area contributed by atoms with Gasteiger partial charge in [-0.1, -0.05) is 5.16 Å². The number of amides is 1. The molecule has 26 heavy (non-hydrogen) atoms. The van der Waals surface area contributed by atoms with Gasteiger partial charge in [-0.05, 0) is 37.8 Å². The smallest absolute Gasteiger partial charge is 0.328 e. The summed E-state index contributed by atoms with van der Waals surface area (Å²) in [5.74, 6) is 0.0244. The molecule has 0 aliphatic heterocycles. The molecule has 1 amide bonds. The SMILES string of the molecule is O=C(Nc1onc2c1CCCC2)c1c[nH]c(=O)n(Cc2ccco2)c1=O. The number of aromatic nitrogens is 3. The maximum atomic E-state index is 12.6. The molecule has 0 unspecified atom stereocenters. The molecule has 0 fully saturated rings. The lowest BCUT2D eigenvalue weighted by atomic mass is 9.98. The van der Waals surface area contributed by atoms with Crippen LogP contribution in [0.3, 0.4) is 0 Å².